The predicted molar refractivity (Wildman–Crippen MR) is 86.5 cm³/mol. The summed E-state index contributed by atoms with van der Waals surface area (Å²) in [4.78, 5) is 23.6. The third-order valence-corrected chi connectivity index (χ3v) is 3.89. The van der Waals surface area contributed by atoms with Crippen LogP contribution in [0.4, 0.5) is 32.0 Å². The number of anilines is 1. The van der Waals surface area contributed by atoms with Crippen LogP contribution in [0.15, 0.2) is 42.5 Å². The number of esters is 1. The number of amides is 1. The molecule has 1 heterocycles. The highest BCUT2D eigenvalue weighted by atomic mass is 19.4. The molecule has 0 spiro atoms. The van der Waals surface area contributed by atoms with Gasteiger partial charge in [-0.05, 0) is 42.5 Å². The Kier molecular flexibility index (Phi) is 5.16. The Morgan fingerprint density at radius 3 is 2.34 bits per heavy atom. The molecule has 2 aromatic carbocycles. The minimum atomic E-state index is -5.80. The van der Waals surface area contributed by atoms with Crippen molar-refractivity contribution in [3.8, 4) is 5.75 Å². The van der Waals surface area contributed by atoms with Gasteiger partial charge in [-0.15, -0.1) is 0 Å². The largest absolute Gasteiger partial charge is 0.457 e. The fourth-order valence-corrected chi connectivity index (χ4v) is 2.49. The van der Waals surface area contributed by atoms with Crippen LogP contribution in [0.3, 0.4) is 0 Å². The van der Waals surface area contributed by atoms with E-state index in [2.05, 4.69) is 10.1 Å². The highest BCUT2D eigenvalue weighted by Gasteiger charge is 2.59. The number of benzene rings is 2. The third kappa shape index (κ3) is 4.44. The van der Waals surface area contributed by atoms with Crippen molar-refractivity contribution in [1.29, 1.82) is 0 Å². The fraction of sp³-hybridized carbons (Fsp3) is 0.222. The highest BCUT2D eigenvalue weighted by molar-refractivity contribution is 6.04. The van der Waals surface area contributed by atoms with E-state index in [9.17, 15) is 35.9 Å². The molecule has 1 aliphatic rings. The zero-order valence-electron chi connectivity index (χ0n) is 14.2. The summed E-state index contributed by atoms with van der Waals surface area (Å²) in [5, 5.41) is 2.51. The zero-order chi connectivity index (χ0) is 21.4. The lowest BCUT2D eigenvalue weighted by Gasteiger charge is -2.23. The summed E-state index contributed by atoms with van der Waals surface area (Å²) in [6.45, 7) is 0.0611. The van der Waals surface area contributed by atoms with Crippen LogP contribution in [0.1, 0.15) is 26.3 Å². The number of hydrogen-bond donors (Lipinski definition) is 1. The lowest BCUT2D eigenvalue weighted by molar-refractivity contribution is -0.304. The number of carbonyl (C=O) groups is 2. The second-order valence-corrected chi connectivity index (χ2v) is 5.99. The molecular formula is C18H11F6NO4. The molecule has 11 heteroatoms. The second kappa shape index (κ2) is 7.30. The standard InChI is InChI=1S/C18H11F6NO4/c19-16(17(20,21)22)18(23,24)29-12-4-1-9(2-5-12)14(26)25-11-3-6-13-10(7-11)8-28-15(13)27/h1-7,16H,8H2,(H,25,26)/t16-/m0/s1. The van der Waals surface area contributed by atoms with E-state index in [1.165, 1.54) is 18.2 Å². The van der Waals surface area contributed by atoms with Crippen LogP contribution in [0.5, 0.6) is 5.75 Å². The monoisotopic (exact) mass is 419 g/mol. The molecule has 29 heavy (non-hydrogen) atoms. The van der Waals surface area contributed by atoms with Crippen molar-refractivity contribution < 1.29 is 45.4 Å². The number of carbonyl (C=O) groups excluding carboxylic acids is 2. The van der Waals surface area contributed by atoms with Crippen LogP contribution in [-0.4, -0.2) is 30.3 Å². The number of cyclic esters (lactones) is 1. The Bertz CT molecular complexity index is 942. The van der Waals surface area contributed by atoms with Gasteiger partial charge < -0.3 is 14.8 Å². The summed E-state index contributed by atoms with van der Waals surface area (Å²) in [5.74, 6) is -1.90. The minimum absolute atomic E-state index is 0.0267. The summed E-state index contributed by atoms with van der Waals surface area (Å²) in [7, 11) is 0. The molecule has 1 N–H and O–H groups in total. The number of rotatable bonds is 5. The number of alkyl halides is 6. The summed E-state index contributed by atoms with van der Waals surface area (Å²) >= 11 is 0. The number of nitrogens with one attached hydrogen (secondary N) is 1. The first-order valence-electron chi connectivity index (χ1n) is 7.96. The van der Waals surface area contributed by atoms with Crippen molar-refractivity contribution in [2.24, 2.45) is 0 Å². The van der Waals surface area contributed by atoms with E-state index < -0.39 is 36.1 Å². The first-order valence-corrected chi connectivity index (χ1v) is 7.96. The lowest BCUT2D eigenvalue weighted by atomic mass is 10.1. The zero-order valence-corrected chi connectivity index (χ0v) is 14.2. The minimum Gasteiger partial charge on any atom is -0.457 e. The molecule has 0 saturated carbocycles. The van der Waals surface area contributed by atoms with E-state index >= 15 is 0 Å². The third-order valence-electron chi connectivity index (χ3n) is 3.89. The highest BCUT2D eigenvalue weighted by Crippen LogP contribution is 2.36. The van der Waals surface area contributed by atoms with Crippen LogP contribution < -0.4 is 10.1 Å². The summed E-state index contributed by atoms with van der Waals surface area (Å²) in [6, 6.07) is 8.09. The van der Waals surface area contributed by atoms with Gasteiger partial charge in [0.2, 0.25) is 0 Å². The Morgan fingerprint density at radius 2 is 1.72 bits per heavy atom. The van der Waals surface area contributed by atoms with Crippen LogP contribution in [-0.2, 0) is 11.3 Å². The lowest BCUT2D eigenvalue weighted by Crippen LogP contribution is -2.45. The molecule has 0 fully saturated rings. The van der Waals surface area contributed by atoms with Gasteiger partial charge in [-0.25, -0.2) is 9.18 Å². The van der Waals surface area contributed by atoms with Gasteiger partial charge in [-0.2, -0.15) is 22.0 Å². The van der Waals surface area contributed by atoms with Gasteiger partial charge in [0.1, 0.15) is 12.4 Å². The maximum Gasteiger partial charge on any atom is 0.439 e. The van der Waals surface area contributed by atoms with Crippen molar-refractivity contribution in [3.63, 3.8) is 0 Å². The number of fused-ring (bicyclic) bond motifs is 1. The maximum atomic E-state index is 13.3. The second-order valence-electron chi connectivity index (χ2n) is 5.99. The predicted octanol–water partition coefficient (Wildman–Crippen LogP) is 4.48. The van der Waals surface area contributed by atoms with Gasteiger partial charge in [-0.1, -0.05) is 0 Å². The molecule has 0 saturated heterocycles. The molecule has 0 aliphatic carbocycles. The molecular weight excluding hydrogens is 408 g/mol. The smallest absolute Gasteiger partial charge is 0.439 e. The van der Waals surface area contributed by atoms with E-state index in [0.717, 1.165) is 24.3 Å². The quantitative estimate of drug-likeness (QED) is 0.574. The van der Waals surface area contributed by atoms with Gasteiger partial charge in [0.15, 0.2) is 0 Å². The van der Waals surface area contributed by atoms with Crippen LogP contribution in [0.25, 0.3) is 0 Å². The SMILES string of the molecule is O=C(Nc1ccc2c(c1)COC2=O)c1ccc(OC(F)(F)[C@@H](F)C(F)(F)F)cc1. The van der Waals surface area contributed by atoms with Crippen LogP contribution in [0.2, 0.25) is 0 Å². The van der Waals surface area contributed by atoms with Gasteiger partial charge in [0.25, 0.3) is 12.1 Å². The van der Waals surface area contributed by atoms with Crippen molar-refractivity contribution in [2.45, 2.75) is 25.1 Å². The van der Waals surface area contributed by atoms with E-state index in [1.54, 1.807) is 0 Å². The summed E-state index contributed by atoms with van der Waals surface area (Å²) in [6.07, 6.45) is -15.4. The number of halogens is 6. The van der Waals surface area contributed by atoms with Crippen molar-refractivity contribution >= 4 is 17.6 Å². The van der Waals surface area contributed by atoms with Gasteiger partial charge >= 0.3 is 18.3 Å². The Morgan fingerprint density at radius 1 is 1.07 bits per heavy atom. The molecule has 1 amide bonds. The molecule has 0 radical (unpaired) electrons. The topological polar surface area (TPSA) is 64.6 Å². The van der Waals surface area contributed by atoms with Gasteiger partial charge in [0.05, 0.1) is 5.56 Å². The molecule has 5 nitrogen and oxygen atoms in total. The Labute approximate surface area is 159 Å². The molecule has 3 rings (SSSR count). The van der Waals surface area contributed by atoms with Crippen molar-refractivity contribution in [3.05, 3.63) is 59.2 Å². The van der Waals surface area contributed by atoms with Crippen LogP contribution >= 0.6 is 0 Å². The van der Waals surface area contributed by atoms with Crippen LogP contribution in [0, 0.1) is 0 Å². The Balaban J connectivity index is 1.67. The van der Waals surface area contributed by atoms with Gasteiger partial charge in [-0.3, -0.25) is 4.79 Å². The molecule has 2 aromatic rings. The van der Waals surface area contributed by atoms with Crippen molar-refractivity contribution in [2.75, 3.05) is 5.32 Å². The average molecular weight is 419 g/mol. The normalized spacial score (nSPS) is 14.8. The van der Waals surface area contributed by atoms with E-state index in [1.807, 2.05) is 0 Å². The van der Waals surface area contributed by atoms with E-state index in [0.29, 0.717) is 16.8 Å². The maximum absolute atomic E-state index is 13.3. The number of hydrogen-bond acceptors (Lipinski definition) is 4. The molecule has 1 aliphatic heterocycles. The fourth-order valence-electron chi connectivity index (χ4n) is 2.49. The Hall–Kier alpha value is -3.24. The molecule has 0 unspecified atom stereocenters. The molecule has 1 atom stereocenters. The van der Waals surface area contributed by atoms with Crippen molar-refractivity contribution in [1.82, 2.24) is 0 Å². The molecule has 0 aromatic heterocycles. The average Bonchev–Trinajstić information content (AvgIpc) is 3.01. The first-order chi connectivity index (χ1) is 13.5. The van der Waals surface area contributed by atoms with E-state index in [-0.39, 0.29) is 12.2 Å². The first kappa shape index (κ1) is 20.5. The van der Waals surface area contributed by atoms with Gasteiger partial charge in [0, 0.05) is 16.8 Å². The number of ether oxygens (including phenoxy) is 2. The summed E-state index contributed by atoms with van der Waals surface area (Å²) in [5.41, 5.74) is 1.25. The molecule has 0 bridgehead atoms. The summed E-state index contributed by atoms with van der Waals surface area (Å²) < 4.78 is 84.3. The molecule has 154 valence electrons. The van der Waals surface area contributed by atoms with E-state index in [4.69, 9.17) is 4.74 Å².